The predicted molar refractivity (Wildman–Crippen MR) is 146 cm³/mol. The van der Waals surface area contributed by atoms with Gasteiger partial charge in [0.1, 0.15) is 17.4 Å². The van der Waals surface area contributed by atoms with Crippen LogP contribution in [0.15, 0.2) is 70.5 Å². The van der Waals surface area contributed by atoms with Crippen molar-refractivity contribution in [3.8, 4) is 34.8 Å². The summed E-state index contributed by atoms with van der Waals surface area (Å²) >= 11 is 5.01. The first-order valence-corrected chi connectivity index (χ1v) is 12.9. The lowest BCUT2D eigenvalue weighted by molar-refractivity contribution is 0.0732. The number of rotatable bonds is 6. The number of thiophene rings is 1. The van der Waals surface area contributed by atoms with Crippen LogP contribution >= 0.6 is 27.3 Å². The van der Waals surface area contributed by atoms with E-state index in [-0.39, 0.29) is 22.8 Å². The Bertz CT molecular complexity index is 1630. The summed E-state index contributed by atoms with van der Waals surface area (Å²) in [6.07, 6.45) is 0. The molecule has 0 spiro atoms. The van der Waals surface area contributed by atoms with Gasteiger partial charge in [0.15, 0.2) is 17.2 Å². The quantitative estimate of drug-likeness (QED) is 0.210. The molecule has 5 rings (SSSR count). The molecule has 0 saturated carbocycles. The van der Waals surface area contributed by atoms with Gasteiger partial charge < -0.3 is 29.4 Å². The van der Waals surface area contributed by atoms with Gasteiger partial charge in [-0.1, -0.05) is 28.1 Å². The first-order valence-electron chi connectivity index (χ1n) is 11.3. The van der Waals surface area contributed by atoms with Crippen molar-refractivity contribution < 1.29 is 28.5 Å². The summed E-state index contributed by atoms with van der Waals surface area (Å²) in [5.41, 5.74) is 7.24. The van der Waals surface area contributed by atoms with Gasteiger partial charge in [0, 0.05) is 20.1 Å². The molecule has 0 fully saturated rings. The molecule has 0 radical (unpaired) electrons. The highest BCUT2D eigenvalue weighted by molar-refractivity contribution is 9.10. The van der Waals surface area contributed by atoms with E-state index >= 15 is 0 Å². The topological polar surface area (TPSA) is 113 Å². The maximum atomic E-state index is 13.4. The summed E-state index contributed by atoms with van der Waals surface area (Å²) in [5, 5.41) is 10.9. The molecule has 0 amide bonds. The van der Waals surface area contributed by atoms with Crippen molar-refractivity contribution in [1.29, 1.82) is 5.26 Å². The summed E-state index contributed by atoms with van der Waals surface area (Å²) in [7, 11) is 4.41. The molecule has 192 valence electrons. The average molecular weight is 593 g/mol. The maximum absolute atomic E-state index is 13.4. The van der Waals surface area contributed by atoms with E-state index in [0.29, 0.717) is 28.6 Å². The molecule has 3 aromatic carbocycles. The van der Waals surface area contributed by atoms with Crippen LogP contribution in [0, 0.1) is 11.3 Å². The van der Waals surface area contributed by atoms with Crippen molar-refractivity contribution in [1.82, 2.24) is 0 Å². The lowest BCUT2D eigenvalue weighted by atomic mass is 9.87. The molecule has 0 bridgehead atoms. The Hall–Kier alpha value is -4.20. The zero-order valence-corrected chi connectivity index (χ0v) is 22.9. The Morgan fingerprint density at radius 2 is 1.74 bits per heavy atom. The van der Waals surface area contributed by atoms with Gasteiger partial charge in [0.05, 0.1) is 37.7 Å². The maximum Gasteiger partial charge on any atom is 0.343 e. The normalized spacial score (nSPS) is 14.3. The molecular formula is C28H21BrN2O6S. The van der Waals surface area contributed by atoms with Crippen LogP contribution in [0.2, 0.25) is 0 Å². The van der Waals surface area contributed by atoms with E-state index in [1.807, 2.05) is 30.3 Å². The Morgan fingerprint density at radius 3 is 2.39 bits per heavy atom. The number of ether oxygens (including phenoxy) is 5. The molecule has 4 aromatic rings. The third-order valence-corrected chi connectivity index (χ3v) is 7.82. The molecule has 1 aliphatic heterocycles. The number of halogens is 1. The van der Waals surface area contributed by atoms with Crippen LogP contribution in [0.1, 0.15) is 26.7 Å². The number of nitriles is 1. The Balaban J connectivity index is 1.63. The molecule has 1 unspecified atom stereocenters. The molecule has 1 atom stereocenters. The van der Waals surface area contributed by atoms with E-state index < -0.39 is 11.9 Å². The second-order valence-electron chi connectivity index (χ2n) is 8.20. The molecule has 38 heavy (non-hydrogen) atoms. The standard InChI is InChI=1S/C28H21BrN2O6S/c1-33-20-10-14(11-21(34-2)25(20)35-3)28(32)36-19-9-8-15(29)12-17(19)23-18(13-30)27(31)37-24-16-6-4-5-7-22(16)38-26(23)24/h4-12,23H,31H2,1-3H3. The van der Waals surface area contributed by atoms with E-state index in [1.165, 1.54) is 44.8 Å². The molecule has 8 nitrogen and oxygen atoms in total. The van der Waals surface area contributed by atoms with Gasteiger partial charge in [-0.15, -0.1) is 11.3 Å². The van der Waals surface area contributed by atoms with Gasteiger partial charge in [-0.05, 0) is 42.5 Å². The molecule has 1 aliphatic rings. The Morgan fingerprint density at radius 1 is 1.03 bits per heavy atom. The van der Waals surface area contributed by atoms with Gasteiger partial charge in [-0.25, -0.2) is 4.79 Å². The van der Waals surface area contributed by atoms with Gasteiger partial charge in [0.2, 0.25) is 11.6 Å². The van der Waals surface area contributed by atoms with Crippen molar-refractivity contribution in [2.75, 3.05) is 21.3 Å². The number of fused-ring (bicyclic) bond motifs is 3. The first kappa shape index (κ1) is 25.4. The molecule has 10 heteroatoms. The number of carbonyl (C=O) groups is 1. The summed E-state index contributed by atoms with van der Waals surface area (Å²) < 4.78 is 29.7. The number of carbonyl (C=O) groups excluding carboxylic acids is 1. The van der Waals surface area contributed by atoms with Crippen LogP contribution in [0.5, 0.6) is 28.7 Å². The highest BCUT2D eigenvalue weighted by atomic mass is 79.9. The zero-order valence-electron chi connectivity index (χ0n) is 20.5. The minimum Gasteiger partial charge on any atom is -0.493 e. The van der Waals surface area contributed by atoms with Gasteiger partial charge in [0.25, 0.3) is 0 Å². The number of hydrogen-bond acceptors (Lipinski definition) is 9. The molecular weight excluding hydrogens is 572 g/mol. The lowest BCUT2D eigenvalue weighted by Gasteiger charge is -2.25. The smallest absolute Gasteiger partial charge is 0.343 e. The fourth-order valence-electron chi connectivity index (χ4n) is 4.39. The largest absolute Gasteiger partial charge is 0.493 e. The molecule has 2 heterocycles. The number of methoxy groups -OCH3 is 3. The summed E-state index contributed by atoms with van der Waals surface area (Å²) in [6, 6.07) is 18.2. The summed E-state index contributed by atoms with van der Waals surface area (Å²) in [6.45, 7) is 0. The van der Waals surface area contributed by atoms with Gasteiger partial charge in [-0.3, -0.25) is 0 Å². The fourth-order valence-corrected chi connectivity index (χ4v) is 6.03. The number of esters is 1. The van der Waals surface area contributed by atoms with Crippen molar-refractivity contribution >= 4 is 43.3 Å². The van der Waals surface area contributed by atoms with Crippen molar-refractivity contribution in [3.63, 3.8) is 0 Å². The zero-order chi connectivity index (χ0) is 27.0. The fraction of sp³-hybridized carbons (Fsp3) is 0.143. The molecule has 1 aromatic heterocycles. The lowest BCUT2D eigenvalue weighted by Crippen LogP contribution is -2.21. The molecule has 0 saturated heterocycles. The van der Waals surface area contributed by atoms with E-state index in [0.717, 1.165) is 19.4 Å². The van der Waals surface area contributed by atoms with Crippen LogP contribution in [-0.4, -0.2) is 27.3 Å². The summed E-state index contributed by atoms with van der Waals surface area (Å²) in [5.74, 6) is 0.600. The number of benzene rings is 3. The van der Waals surface area contributed by atoms with Crippen LogP contribution in [0.3, 0.4) is 0 Å². The SMILES string of the molecule is COc1cc(C(=O)Oc2ccc(Br)cc2C2C(C#N)=C(N)Oc3c2sc2ccccc32)cc(OC)c1OC. The minimum absolute atomic E-state index is 0.00966. The van der Waals surface area contributed by atoms with E-state index in [1.54, 1.807) is 12.1 Å². The molecule has 2 N–H and O–H groups in total. The minimum atomic E-state index is -0.646. The summed E-state index contributed by atoms with van der Waals surface area (Å²) in [4.78, 5) is 14.2. The number of hydrogen-bond donors (Lipinski definition) is 1. The predicted octanol–water partition coefficient (Wildman–Crippen LogP) is 6.13. The van der Waals surface area contributed by atoms with Crippen LogP contribution in [-0.2, 0) is 0 Å². The third-order valence-electron chi connectivity index (χ3n) is 6.11. The van der Waals surface area contributed by atoms with Crippen LogP contribution in [0.4, 0.5) is 0 Å². The first-order chi connectivity index (χ1) is 18.4. The Labute approximate surface area is 230 Å². The number of nitrogens with zero attached hydrogens (tertiary/aromatic N) is 1. The van der Waals surface area contributed by atoms with Gasteiger partial charge in [-0.2, -0.15) is 5.26 Å². The average Bonchev–Trinajstić information content (AvgIpc) is 3.30. The van der Waals surface area contributed by atoms with E-state index in [4.69, 9.17) is 29.4 Å². The van der Waals surface area contributed by atoms with Crippen molar-refractivity contribution in [2.45, 2.75) is 5.92 Å². The van der Waals surface area contributed by atoms with Crippen LogP contribution in [0.25, 0.3) is 10.1 Å². The van der Waals surface area contributed by atoms with Crippen molar-refractivity contribution in [2.24, 2.45) is 5.73 Å². The monoisotopic (exact) mass is 592 g/mol. The number of nitrogens with two attached hydrogens (primary N) is 1. The highest BCUT2D eigenvalue weighted by Gasteiger charge is 2.36. The van der Waals surface area contributed by atoms with Crippen molar-refractivity contribution in [3.05, 3.63) is 86.5 Å². The second kappa shape index (κ2) is 10.3. The van der Waals surface area contributed by atoms with Crippen LogP contribution < -0.4 is 29.4 Å². The molecule has 0 aliphatic carbocycles. The van der Waals surface area contributed by atoms with Gasteiger partial charge >= 0.3 is 5.97 Å². The Kier molecular flexibility index (Phi) is 6.89. The van der Waals surface area contributed by atoms with E-state index in [2.05, 4.69) is 22.0 Å². The van der Waals surface area contributed by atoms with E-state index in [9.17, 15) is 10.1 Å². The highest BCUT2D eigenvalue weighted by Crippen LogP contribution is 2.52. The third kappa shape index (κ3) is 4.30. The second-order valence-corrected chi connectivity index (χ2v) is 10.2. The number of allylic oxidation sites excluding steroid dienone is 1.